The highest BCUT2D eigenvalue weighted by atomic mass is 28.4. The van der Waals surface area contributed by atoms with Crippen LogP contribution in [-0.2, 0) is 4.43 Å². The quantitative estimate of drug-likeness (QED) is 0.697. The van der Waals surface area contributed by atoms with Gasteiger partial charge < -0.3 is 4.43 Å². The first-order valence-corrected chi connectivity index (χ1v) is 9.20. The lowest BCUT2D eigenvalue weighted by atomic mass is 9.74. The third kappa shape index (κ3) is 1.67. The summed E-state index contributed by atoms with van der Waals surface area (Å²) < 4.78 is 6.44. The molecule has 1 aromatic heterocycles. The molecule has 1 saturated heterocycles. The van der Waals surface area contributed by atoms with Crippen molar-refractivity contribution in [2.24, 2.45) is 5.41 Å². The van der Waals surface area contributed by atoms with Gasteiger partial charge in [0, 0.05) is 11.6 Å². The summed E-state index contributed by atoms with van der Waals surface area (Å²) in [5.74, 6) is 0. The zero-order chi connectivity index (χ0) is 12.9. The molecule has 0 aliphatic carbocycles. The van der Waals surface area contributed by atoms with Gasteiger partial charge in [-0.15, -0.1) is 0 Å². The first-order chi connectivity index (χ1) is 7.70. The highest BCUT2D eigenvalue weighted by Crippen LogP contribution is 2.65. The molecule has 0 amide bonds. The van der Waals surface area contributed by atoms with E-state index in [1.54, 1.807) is 0 Å². The van der Waals surface area contributed by atoms with Crippen molar-refractivity contribution in [3.8, 4) is 0 Å². The van der Waals surface area contributed by atoms with Gasteiger partial charge in [0.15, 0.2) is 8.32 Å². The lowest BCUT2D eigenvalue weighted by Gasteiger charge is -2.40. The highest BCUT2D eigenvalue weighted by molar-refractivity contribution is 6.75. The summed E-state index contributed by atoms with van der Waals surface area (Å²) in [6.45, 7) is 14.0. The van der Waals surface area contributed by atoms with E-state index in [0.29, 0.717) is 0 Å². The topological polar surface area (TPSA) is 22.1 Å². The monoisotopic (exact) mass is 249 g/mol. The molecule has 2 heterocycles. The second-order valence-electron chi connectivity index (χ2n) is 6.61. The third-order valence-corrected chi connectivity index (χ3v) is 9.62. The molecule has 1 unspecified atom stereocenters. The van der Waals surface area contributed by atoms with Gasteiger partial charge in [-0.3, -0.25) is 4.98 Å². The van der Waals surface area contributed by atoms with Gasteiger partial charge in [0.25, 0.3) is 0 Å². The molecule has 0 saturated carbocycles. The average Bonchev–Trinajstić information content (AvgIpc) is 2.37. The van der Waals surface area contributed by atoms with Gasteiger partial charge >= 0.3 is 0 Å². The summed E-state index contributed by atoms with van der Waals surface area (Å²) in [4.78, 5) is 4.48. The van der Waals surface area contributed by atoms with Crippen LogP contribution in [0.25, 0.3) is 0 Å². The largest absolute Gasteiger partial charge is 0.408 e. The predicted molar refractivity (Wildman–Crippen MR) is 73.4 cm³/mol. The molecule has 2 nitrogen and oxygen atoms in total. The van der Waals surface area contributed by atoms with E-state index in [1.165, 1.54) is 0 Å². The summed E-state index contributed by atoms with van der Waals surface area (Å²) in [6, 6.07) is 6.08. The van der Waals surface area contributed by atoms with Crippen LogP contribution in [0.5, 0.6) is 0 Å². The van der Waals surface area contributed by atoms with Gasteiger partial charge in [-0.2, -0.15) is 0 Å². The number of pyridine rings is 1. The fourth-order valence-corrected chi connectivity index (χ4v) is 5.64. The molecule has 0 N–H and O–H groups in total. The van der Waals surface area contributed by atoms with E-state index in [9.17, 15) is 0 Å². The molecule has 1 fully saturated rings. The molecular formula is C14H23NOSi. The molecule has 1 atom stereocenters. The minimum Gasteiger partial charge on any atom is -0.408 e. The Morgan fingerprint density at radius 2 is 1.82 bits per heavy atom. The van der Waals surface area contributed by atoms with Crippen molar-refractivity contribution in [1.82, 2.24) is 4.98 Å². The number of nitrogens with zero attached hydrogens (tertiary/aromatic N) is 1. The van der Waals surface area contributed by atoms with Crippen LogP contribution in [0.4, 0.5) is 0 Å². The van der Waals surface area contributed by atoms with Crippen molar-refractivity contribution in [3.05, 3.63) is 30.1 Å². The van der Waals surface area contributed by atoms with Crippen LogP contribution >= 0.6 is 0 Å². The minimum atomic E-state index is -1.69. The van der Waals surface area contributed by atoms with E-state index in [2.05, 4.69) is 51.8 Å². The van der Waals surface area contributed by atoms with Crippen LogP contribution in [0.1, 0.15) is 39.5 Å². The Morgan fingerprint density at radius 1 is 1.18 bits per heavy atom. The van der Waals surface area contributed by atoms with Crippen LogP contribution in [0.2, 0.25) is 18.1 Å². The van der Waals surface area contributed by atoms with Crippen molar-refractivity contribution in [2.75, 3.05) is 0 Å². The van der Waals surface area contributed by atoms with Gasteiger partial charge in [-0.1, -0.05) is 33.8 Å². The zero-order valence-corrected chi connectivity index (χ0v) is 12.7. The second kappa shape index (κ2) is 3.66. The fourth-order valence-electron chi connectivity index (χ4n) is 2.65. The molecule has 1 aliphatic heterocycles. The number of rotatable bonds is 1. The summed E-state index contributed by atoms with van der Waals surface area (Å²) in [5, 5.41) is 0.238. The first kappa shape index (κ1) is 12.8. The Kier molecular flexibility index (Phi) is 2.75. The van der Waals surface area contributed by atoms with Crippen LogP contribution in [-0.4, -0.2) is 13.3 Å². The highest BCUT2D eigenvalue weighted by Gasteiger charge is 2.62. The van der Waals surface area contributed by atoms with Gasteiger partial charge in [-0.05, 0) is 30.3 Å². The van der Waals surface area contributed by atoms with E-state index in [-0.39, 0.29) is 16.6 Å². The van der Waals surface area contributed by atoms with Gasteiger partial charge in [0.2, 0.25) is 0 Å². The van der Waals surface area contributed by atoms with Crippen LogP contribution in [0.15, 0.2) is 24.4 Å². The third-order valence-electron chi connectivity index (χ3n) is 5.14. The van der Waals surface area contributed by atoms with Crippen molar-refractivity contribution in [1.29, 1.82) is 0 Å². The lowest BCUT2D eigenvalue weighted by Crippen LogP contribution is -2.40. The predicted octanol–water partition coefficient (Wildman–Crippen LogP) is 4.16. The first-order valence-electron chi connectivity index (χ1n) is 6.29. The van der Waals surface area contributed by atoms with Gasteiger partial charge in [0.05, 0.1) is 11.8 Å². The van der Waals surface area contributed by atoms with Crippen molar-refractivity contribution < 1.29 is 4.43 Å². The Morgan fingerprint density at radius 3 is 2.24 bits per heavy atom. The maximum atomic E-state index is 6.44. The van der Waals surface area contributed by atoms with E-state index in [0.717, 1.165) is 5.69 Å². The van der Waals surface area contributed by atoms with E-state index >= 15 is 0 Å². The van der Waals surface area contributed by atoms with Crippen molar-refractivity contribution >= 4 is 8.32 Å². The number of hydrogen-bond donors (Lipinski definition) is 0. The van der Waals surface area contributed by atoms with Crippen molar-refractivity contribution in [3.63, 3.8) is 0 Å². The minimum absolute atomic E-state index is 0.122. The number of hydrogen-bond acceptors (Lipinski definition) is 2. The molecule has 1 aromatic rings. The molecule has 0 aromatic carbocycles. The second-order valence-corrected chi connectivity index (χ2v) is 11.1. The molecule has 0 spiro atoms. The Balaban J connectivity index is 2.46. The molecule has 1 aliphatic rings. The number of aromatic nitrogens is 1. The molecule has 2 rings (SSSR count). The maximum absolute atomic E-state index is 6.44. The summed E-state index contributed by atoms with van der Waals surface area (Å²) in [7, 11) is -1.69. The van der Waals surface area contributed by atoms with Crippen LogP contribution in [0.3, 0.4) is 0 Å². The molecule has 0 bridgehead atoms. The molecule has 94 valence electrons. The Bertz CT molecular complexity index is 411. The fraction of sp³-hybridized carbons (Fsp3) is 0.643. The summed E-state index contributed by atoms with van der Waals surface area (Å²) in [6.07, 6.45) is 1.98. The van der Waals surface area contributed by atoms with E-state index in [1.807, 2.05) is 18.3 Å². The smallest absolute Gasteiger partial charge is 0.193 e. The van der Waals surface area contributed by atoms with Crippen molar-refractivity contribution in [2.45, 2.75) is 51.9 Å². The maximum Gasteiger partial charge on any atom is 0.193 e. The van der Waals surface area contributed by atoms with Gasteiger partial charge in [-0.25, -0.2) is 0 Å². The summed E-state index contributed by atoms with van der Waals surface area (Å²) >= 11 is 0. The zero-order valence-electron chi connectivity index (χ0n) is 11.7. The molecular weight excluding hydrogens is 226 g/mol. The Hall–Kier alpha value is -0.673. The lowest BCUT2D eigenvalue weighted by molar-refractivity contribution is 0.0976. The van der Waals surface area contributed by atoms with Gasteiger partial charge in [0.1, 0.15) is 0 Å². The SMILES string of the molecule is CC1(C)C(c2ccccn2)O[Si](C)(C)C1(C)C. The Labute approximate surface area is 106 Å². The van der Waals surface area contributed by atoms with E-state index < -0.39 is 8.32 Å². The molecule has 3 heteroatoms. The van der Waals surface area contributed by atoms with Crippen LogP contribution < -0.4 is 0 Å². The molecule has 17 heavy (non-hydrogen) atoms. The normalized spacial score (nSPS) is 29.2. The van der Waals surface area contributed by atoms with Crippen LogP contribution in [0, 0.1) is 5.41 Å². The standard InChI is InChI=1S/C14H23NOSi/c1-13(2)12(11-9-7-8-10-15-11)16-17(5,6)14(13,3)4/h7-10,12H,1-6H3. The average molecular weight is 249 g/mol. The summed E-state index contributed by atoms with van der Waals surface area (Å²) in [5.41, 5.74) is 1.19. The van der Waals surface area contributed by atoms with E-state index in [4.69, 9.17) is 4.43 Å². The molecule has 0 radical (unpaired) electrons.